The van der Waals surface area contributed by atoms with Gasteiger partial charge in [0.1, 0.15) is 54.9 Å². The van der Waals surface area contributed by atoms with Gasteiger partial charge >= 0.3 is 5.97 Å². The third kappa shape index (κ3) is 36.7. The molecule has 0 aromatic carbocycles. The summed E-state index contributed by atoms with van der Waals surface area (Å²) >= 11 is 0. The Labute approximate surface area is 469 Å². The lowest BCUT2D eigenvalue weighted by molar-refractivity contribution is -0.332. The van der Waals surface area contributed by atoms with Crippen molar-refractivity contribution in [3.8, 4) is 0 Å². The van der Waals surface area contributed by atoms with Gasteiger partial charge in [-0.2, -0.15) is 0 Å². The van der Waals surface area contributed by atoms with E-state index < -0.39 is 80.7 Å². The molecule has 0 bridgehead atoms. The Morgan fingerprint density at radius 1 is 0.416 bits per heavy atom. The van der Waals surface area contributed by atoms with Gasteiger partial charge < -0.3 is 64.2 Å². The largest absolute Gasteiger partial charge is 0.457 e. The SMILES string of the molecule is CCCCCCCCCC/C=C\CCCCCCCCCCCCCC(=O)OC(COCCCCCCCCCCCCCCCCCCCCCC)COC1OC(COC2OC(CO)C(O)C(O)C2O)C(O)C(O)C1O. The van der Waals surface area contributed by atoms with E-state index in [1.165, 1.54) is 218 Å². The molecule has 2 aliphatic heterocycles. The quantitative estimate of drug-likeness (QED) is 0.0172. The minimum Gasteiger partial charge on any atom is -0.457 e. The molecule has 14 heteroatoms. The smallest absolute Gasteiger partial charge is 0.306 e. The average Bonchev–Trinajstić information content (AvgIpc) is 3.43. The number of allylic oxidation sites excluding steroid dienone is 2. The van der Waals surface area contributed by atoms with Gasteiger partial charge in [-0.25, -0.2) is 0 Å². The minimum absolute atomic E-state index is 0.0684. The van der Waals surface area contributed by atoms with E-state index in [0.717, 1.165) is 38.5 Å². The highest BCUT2D eigenvalue weighted by molar-refractivity contribution is 5.69. The Balaban J connectivity index is 1.67. The number of rotatable bonds is 54. The van der Waals surface area contributed by atoms with Gasteiger partial charge in [0.25, 0.3) is 0 Å². The molecule has 0 amide bonds. The molecule has 11 unspecified atom stereocenters. The number of ether oxygens (including phenoxy) is 6. The molecule has 7 N–H and O–H groups in total. The lowest BCUT2D eigenvalue weighted by Gasteiger charge is -2.42. The van der Waals surface area contributed by atoms with Crippen molar-refractivity contribution in [1.29, 1.82) is 0 Å². The van der Waals surface area contributed by atoms with Gasteiger partial charge in [0.05, 0.1) is 26.4 Å². The summed E-state index contributed by atoms with van der Waals surface area (Å²) in [7, 11) is 0. The number of hydrogen-bond acceptors (Lipinski definition) is 14. The molecular weight excluding hydrogens is 981 g/mol. The maximum absolute atomic E-state index is 13.1. The summed E-state index contributed by atoms with van der Waals surface area (Å²) in [6.07, 6.45) is 41.3. The molecule has 0 aromatic heterocycles. The molecule has 0 radical (unpaired) electrons. The van der Waals surface area contributed by atoms with Crippen LogP contribution in [0, 0.1) is 0 Å². The van der Waals surface area contributed by atoms with E-state index >= 15 is 0 Å². The van der Waals surface area contributed by atoms with Crippen LogP contribution in [0.1, 0.15) is 284 Å². The average molecular weight is 1100 g/mol. The molecule has 2 heterocycles. The van der Waals surface area contributed by atoms with Crippen LogP contribution in [0.25, 0.3) is 0 Å². The second kappa shape index (κ2) is 50.5. The van der Waals surface area contributed by atoms with Crippen molar-refractivity contribution in [2.24, 2.45) is 0 Å². The standard InChI is InChI=1S/C63H120O14/c1-3-5-7-9-11-13-15-17-19-21-23-25-26-27-28-30-32-34-36-38-40-42-44-46-55(65)75-52(49-72-47-45-43-41-39-37-35-33-31-29-24-22-20-18-16-14-12-10-8-6-4-2)50-73-62-61(71)59(69)57(67)54(77-62)51-74-63-60(70)58(68)56(66)53(48-64)76-63/h21,23,52-54,56-64,66-71H,3-20,22,24-51H2,1-2H3/b23-21-. The first-order chi connectivity index (χ1) is 37.6. The van der Waals surface area contributed by atoms with Crippen molar-refractivity contribution >= 4 is 5.97 Å². The molecule has 0 aliphatic carbocycles. The molecule has 14 nitrogen and oxygen atoms in total. The topological polar surface area (TPSA) is 214 Å². The highest BCUT2D eigenvalue weighted by atomic mass is 16.7. The zero-order valence-corrected chi connectivity index (χ0v) is 49.2. The fraction of sp³-hybridized carbons (Fsp3) is 0.952. The van der Waals surface area contributed by atoms with Crippen molar-refractivity contribution in [1.82, 2.24) is 0 Å². The zero-order chi connectivity index (χ0) is 55.8. The summed E-state index contributed by atoms with van der Waals surface area (Å²) in [4.78, 5) is 13.1. The van der Waals surface area contributed by atoms with Crippen LogP contribution in [-0.2, 0) is 33.2 Å². The number of hydrogen-bond donors (Lipinski definition) is 7. The first-order valence-electron chi connectivity index (χ1n) is 32.3. The summed E-state index contributed by atoms with van der Waals surface area (Å²) in [5.41, 5.74) is 0. The van der Waals surface area contributed by atoms with Crippen molar-refractivity contribution in [3.63, 3.8) is 0 Å². The van der Waals surface area contributed by atoms with Gasteiger partial charge in [-0.3, -0.25) is 4.79 Å². The van der Waals surface area contributed by atoms with Crippen molar-refractivity contribution in [2.45, 2.75) is 351 Å². The summed E-state index contributed by atoms with van der Waals surface area (Å²) in [5, 5.41) is 72.5. The van der Waals surface area contributed by atoms with Crippen LogP contribution in [0.3, 0.4) is 0 Å². The Hall–Kier alpha value is -1.27. The van der Waals surface area contributed by atoms with Crippen LogP contribution < -0.4 is 0 Å². The molecule has 456 valence electrons. The lowest BCUT2D eigenvalue weighted by atomic mass is 9.98. The van der Waals surface area contributed by atoms with Gasteiger partial charge in [0.15, 0.2) is 12.6 Å². The maximum Gasteiger partial charge on any atom is 0.306 e. The highest BCUT2D eigenvalue weighted by Crippen LogP contribution is 2.27. The number of aliphatic hydroxyl groups excluding tert-OH is 7. The molecule has 77 heavy (non-hydrogen) atoms. The van der Waals surface area contributed by atoms with E-state index in [1.807, 2.05) is 0 Å². The van der Waals surface area contributed by atoms with Gasteiger partial charge in [-0.05, 0) is 38.5 Å². The third-order valence-corrected chi connectivity index (χ3v) is 15.8. The predicted octanol–water partition coefficient (Wildman–Crippen LogP) is 12.5. The Kier molecular flexibility index (Phi) is 47.1. The van der Waals surface area contributed by atoms with Crippen LogP contribution in [0.15, 0.2) is 12.2 Å². The first-order valence-corrected chi connectivity index (χ1v) is 32.3. The van der Waals surface area contributed by atoms with E-state index in [4.69, 9.17) is 28.4 Å². The monoisotopic (exact) mass is 1100 g/mol. The van der Waals surface area contributed by atoms with E-state index in [2.05, 4.69) is 26.0 Å². The zero-order valence-electron chi connectivity index (χ0n) is 49.2. The summed E-state index contributed by atoms with van der Waals surface area (Å²) in [6, 6.07) is 0. The van der Waals surface area contributed by atoms with E-state index in [-0.39, 0.29) is 25.6 Å². The van der Waals surface area contributed by atoms with E-state index in [1.54, 1.807) is 0 Å². The fourth-order valence-electron chi connectivity index (χ4n) is 10.6. The Morgan fingerprint density at radius 2 is 0.766 bits per heavy atom. The first kappa shape index (κ1) is 71.8. The minimum atomic E-state index is -1.70. The molecule has 2 fully saturated rings. The van der Waals surface area contributed by atoms with Crippen LogP contribution in [-0.4, -0.2) is 142 Å². The Bertz CT molecular complexity index is 1320. The third-order valence-electron chi connectivity index (χ3n) is 15.8. The highest BCUT2D eigenvalue weighted by Gasteiger charge is 2.47. The summed E-state index contributed by atoms with van der Waals surface area (Å²) < 4.78 is 34.5. The van der Waals surface area contributed by atoms with Crippen molar-refractivity contribution in [3.05, 3.63) is 12.2 Å². The number of esters is 1. The van der Waals surface area contributed by atoms with Gasteiger partial charge in [0.2, 0.25) is 0 Å². The van der Waals surface area contributed by atoms with E-state index in [9.17, 15) is 40.5 Å². The van der Waals surface area contributed by atoms with Crippen molar-refractivity contribution in [2.75, 3.05) is 33.0 Å². The number of carbonyl (C=O) groups excluding carboxylic acids is 1. The second-order valence-corrected chi connectivity index (χ2v) is 22.9. The molecule has 2 rings (SSSR count). The maximum atomic E-state index is 13.1. The summed E-state index contributed by atoms with van der Waals surface area (Å²) in [5.74, 6) is -0.369. The number of unbranched alkanes of at least 4 members (excludes halogenated alkanes) is 38. The Morgan fingerprint density at radius 3 is 1.18 bits per heavy atom. The van der Waals surface area contributed by atoms with Gasteiger partial charge in [0, 0.05) is 13.0 Å². The molecule has 0 saturated carbocycles. The van der Waals surface area contributed by atoms with Crippen molar-refractivity contribution < 1.29 is 69.0 Å². The molecule has 0 spiro atoms. The summed E-state index contributed by atoms with van der Waals surface area (Å²) in [6.45, 7) is 3.77. The molecule has 0 aromatic rings. The normalized spacial score (nSPS) is 24.3. The van der Waals surface area contributed by atoms with Gasteiger partial charge in [-0.1, -0.05) is 251 Å². The lowest BCUT2D eigenvalue weighted by Crippen LogP contribution is -2.61. The van der Waals surface area contributed by atoms with Crippen LogP contribution in [0.5, 0.6) is 0 Å². The fourth-order valence-corrected chi connectivity index (χ4v) is 10.6. The second-order valence-electron chi connectivity index (χ2n) is 22.9. The van der Waals surface area contributed by atoms with E-state index in [0.29, 0.717) is 13.0 Å². The predicted molar refractivity (Wildman–Crippen MR) is 307 cm³/mol. The number of aliphatic hydroxyl groups is 7. The molecule has 2 aliphatic rings. The van der Waals surface area contributed by atoms with Crippen LogP contribution in [0.4, 0.5) is 0 Å². The number of carbonyl (C=O) groups is 1. The molecule has 2 saturated heterocycles. The van der Waals surface area contributed by atoms with Gasteiger partial charge in [-0.15, -0.1) is 0 Å². The molecule has 11 atom stereocenters. The molecular formula is C63H120O14. The van der Waals surface area contributed by atoms with Crippen LogP contribution >= 0.6 is 0 Å². The van der Waals surface area contributed by atoms with Crippen LogP contribution in [0.2, 0.25) is 0 Å².